The largest absolute Gasteiger partial charge is 0.497 e. The van der Waals surface area contributed by atoms with Crippen molar-refractivity contribution in [1.29, 1.82) is 0 Å². The van der Waals surface area contributed by atoms with Gasteiger partial charge in [-0.1, -0.05) is 25.1 Å². The third kappa shape index (κ3) is 5.37. The molecule has 0 spiro atoms. The molecule has 0 N–H and O–H groups in total. The highest BCUT2D eigenvalue weighted by Gasteiger charge is 2.39. The first-order valence-corrected chi connectivity index (χ1v) is 11.7. The second kappa shape index (κ2) is 9.13. The zero-order chi connectivity index (χ0) is 21.9. The highest BCUT2D eigenvalue weighted by molar-refractivity contribution is 7.88. The number of benzene rings is 1. The number of methoxy groups -OCH3 is 1. The number of sulfonamides is 1. The fourth-order valence-electron chi connectivity index (χ4n) is 3.40. The normalized spacial score (nSPS) is 14.9. The van der Waals surface area contributed by atoms with E-state index in [0.717, 1.165) is 0 Å². The van der Waals surface area contributed by atoms with Crippen molar-refractivity contribution in [1.82, 2.24) is 19.3 Å². The average molecular weight is 437 g/mol. The van der Waals surface area contributed by atoms with Crippen LogP contribution in [0.2, 0.25) is 0 Å². The quantitative estimate of drug-likeness (QED) is 0.588. The number of rotatable bonds is 9. The molecule has 1 aromatic carbocycles. The minimum Gasteiger partial charge on any atom is -0.497 e. The van der Waals surface area contributed by atoms with Crippen LogP contribution in [0.1, 0.15) is 35.9 Å². The van der Waals surface area contributed by atoms with Gasteiger partial charge in [0.2, 0.25) is 15.9 Å². The Hall–Kier alpha value is -2.46. The van der Waals surface area contributed by atoms with Crippen molar-refractivity contribution < 1.29 is 22.5 Å². The summed E-state index contributed by atoms with van der Waals surface area (Å²) in [5.41, 5.74) is 0.517. The van der Waals surface area contributed by atoms with Gasteiger partial charge in [-0.15, -0.1) is 0 Å². The maximum Gasteiger partial charge on any atom is 0.254 e. The lowest BCUT2D eigenvalue weighted by atomic mass is 10.1. The Morgan fingerprint density at radius 1 is 1.37 bits per heavy atom. The summed E-state index contributed by atoms with van der Waals surface area (Å²) in [6.45, 7) is 5.04. The van der Waals surface area contributed by atoms with Gasteiger partial charge in [0, 0.05) is 38.0 Å². The molecule has 1 aliphatic rings. The number of nitrogens with zero attached hydrogens (tertiary/aromatic N) is 4. The maximum atomic E-state index is 12.7. The zero-order valence-electron chi connectivity index (χ0n) is 17.7. The molecule has 0 aliphatic carbocycles. The van der Waals surface area contributed by atoms with Gasteiger partial charge in [0.1, 0.15) is 5.75 Å². The minimum absolute atomic E-state index is 0.143. The zero-order valence-corrected chi connectivity index (χ0v) is 18.6. The molecule has 1 amide bonds. The molecule has 2 aromatic rings. The Morgan fingerprint density at radius 2 is 2.10 bits per heavy atom. The van der Waals surface area contributed by atoms with Crippen molar-refractivity contribution in [3.8, 4) is 5.75 Å². The van der Waals surface area contributed by atoms with E-state index in [1.165, 1.54) is 10.6 Å². The first-order valence-electron chi connectivity index (χ1n) is 9.89. The van der Waals surface area contributed by atoms with Crippen molar-refractivity contribution >= 4 is 15.9 Å². The smallest absolute Gasteiger partial charge is 0.254 e. The van der Waals surface area contributed by atoms with E-state index in [0.29, 0.717) is 54.9 Å². The molecule has 1 fully saturated rings. The first-order chi connectivity index (χ1) is 14.2. The van der Waals surface area contributed by atoms with Crippen molar-refractivity contribution in [2.75, 3.05) is 33.0 Å². The molecule has 1 saturated heterocycles. The van der Waals surface area contributed by atoms with E-state index in [2.05, 4.69) is 24.0 Å². The fraction of sp³-hybridized carbons (Fsp3) is 0.550. The molecule has 0 radical (unpaired) electrons. The van der Waals surface area contributed by atoms with E-state index in [-0.39, 0.29) is 18.5 Å². The summed E-state index contributed by atoms with van der Waals surface area (Å²) < 4.78 is 36.4. The first kappa shape index (κ1) is 22.2. The number of likely N-dealkylation sites (tertiary alicyclic amines) is 1. The molecular weight excluding hydrogens is 408 g/mol. The molecule has 10 heteroatoms. The van der Waals surface area contributed by atoms with Gasteiger partial charge in [-0.2, -0.15) is 9.29 Å². The highest BCUT2D eigenvalue weighted by atomic mass is 32.2. The summed E-state index contributed by atoms with van der Waals surface area (Å²) in [7, 11) is -1.90. The van der Waals surface area contributed by atoms with Gasteiger partial charge < -0.3 is 14.2 Å². The number of carbonyl (C=O) groups excluding carboxylic acids is 1. The van der Waals surface area contributed by atoms with E-state index < -0.39 is 10.0 Å². The van der Waals surface area contributed by atoms with Crippen LogP contribution in [0.5, 0.6) is 5.75 Å². The van der Waals surface area contributed by atoms with Crippen molar-refractivity contribution in [2.24, 2.45) is 5.92 Å². The van der Waals surface area contributed by atoms with E-state index in [4.69, 9.17) is 9.26 Å². The molecule has 0 unspecified atom stereocenters. The Morgan fingerprint density at radius 3 is 2.73 bits per heavy atom. The summed E-state index contributed by atoms with van der Waals surface area (Å²) in [5.74, 6) is 1.91. The molecule has 0 bridgehead atoms. The van der Waals surface area contributed by atoms with Crippen LogP contribution in [0.25, 0.3) is 0 Å². The average Bonchev–Trinajstić information content (AvgIpc) is 3.08. The molecule has 0 atom stereocenters. The van der Waals surface area contributed by atoms with Gasteiger partial charge in [0.05, 0.1) is 19.4 Å². The van der Waals surface area contributed by atoms with Gasteiger partial charge >= 0.3 is 0 Å². The van der Waals surface area contributed by atoms with Crippen molar-refractivity contribution in [3.05, 3.63) is 41.5 Å². The molecule has 0 saturated carbocycles. The standard InChI is InChI=1S/C20H28N4O5S/c1-14(2)10-19-21-18(22-29-19)8-9-24(30(4,26)27)16-12-23(13-16)20(25)15-6-5-7-17(11-15)28-3/h5-7,11,14,16H,8-10,12-13H2,1-4H3. The van der Waals surface area contributed by atoms with Crippen LogP contribution in [-0.2, 0) is 22.9 Å². The van der Waals surface area contributed by atoms with Crippen LogP contribution >= 0.6 is 0 Å². The lowest BCUT2D eigenvalue weighted by Crippen LogP contribution is -2.62. The van der Waals surface area contributed by atoms with Crippen molar-refractivity contribution in [3.63, 3.8) is 0 Å². The van der Waals surface area contributed by atoms with E-state index >= 15 is 0 Å². The van der Waals surface area contributed by atoms with Crippen LogP contribution < -0.4 is 4.74 Å². The van der Waals surface area contributed by atoms with Gasteiger partial charge in [0.15, 0.2) is 5.82 Å². The molecule has 164 valence electrons. The van der Waals surface area contributed by atoms with E-state index in [9.17, 15) is 13.2 Å². The Bertz CT molecular complexity index is 983. The van der Waals surface area contributed by atoms with Crippen molar-refractivity contribution in [2.45, 2.75) is 32.7 Å². The number of amides is 1. The summed E-state index contributed by atoms with van der Waals surface area (Å²) in [4.78, 5) is 18.6. The summed E-state index contributed by atoms with van der Waals surface area (Å²) in [6.07, 6.45) is 2.22. The summed E-state index contributed by atoms with van der Waals surface area (Å²) >= 11 is 0. The second-order valence-electron chi connectivity index (χ2n) is 7.92. The van der Waals surface area contributed by atoms with E-state index in [1.54, 1.807) is 36.3 Å². The predicted octanol–water partition coefficient (Wildman–Crippen LogP) is 1.61. The highest BCUT2D eigenvalue weighted by Crippen LogP contribution is 2.22. The van der Waals surface area contributed by atoms with Crippen LogP contribution in [0, 0.1) is 5.92 Å². The Kier molecular flexibility index (Phi) is 6.77. The SMILES string of the molecule is COc1cccc(C(=O)N2CC(N(CCc3noc(CC(C)C)n3)S(C)(=O)=O)C2)c1. The fourth-order valence-corrected chi connectivity index (χ4v) is 4.49. The molecule has 9 nitrogen and oxygen atoms in total. The molecule has 1 aliphatic heterocycles. The molecular formula is C20H28N4O5S. The monoisotopic (exact) mass is 436 g/mol. The van der Waals surface area contributed by atoms with Gasteiger partial charge in [-0.25, -0.2) is 8.42 Å². The third-order valence-corrected chi connectivity index (χ3v) is 6.28. The summed E-state index contributed by atoms with van der Waals surface area (Å²) in [6, 6.07) is 6.65. The van der Waals surface area contributed by atoms with Crippen LogP contribution in [0.3, 0.4) is 0 Å². The predicted molar refractivity (Wildman–Crippen MR) is 111 cm³/mol. The maximum absolute atomic E-state index is 12.7. The topological polar surface area (TPSA) is 106 Å². The Balaban J connectivity index is 1.59. The number of carbonyl (C=O) groups is 1. The molecule has 3 rings (SSSR count). The van der Waals surface area contributed by atoms with Crippen LogP contribution in [0.4, 0.5) is 0 Å². The summed E-state index contributed by atoms with van der Waals surface area (Å²) in [5, 5.41) is 3.94. The molecule has 1 aromatic heterocycles. The lowest BCUT2D eigenvalue weighted by molar-refractivity contribution is 0.0454. The number of ether oxygens (including phenoxy) is 1. The minimum atomic E-state index is -3.44. The Labute approximate surface area is 177 Å². The van der Waals surface area contributed by atoms with Gasteiger partial charge in [0.25, 0.3) is 5.91 Å². The molecule has 2 heterocycles. The van der Waals surface area contributed by atoms with Crippen LogP contribution in [-0.4, -0.2) is 72.7 Å². The molecule has 30 heavy (non-hydrogen) atoms. The third-order valence-electron chi connectivity index (χ3n) is 4.95. The second-order valence-corrected chi connectivity index (χ2v) is 9.86. The van der Waals surface area contributed by atoms with Gasteiger partial charge in [-0.05, 0) is 24.1 Å². The number of aromatic nitrogens is 2. The van der Waals surface area contributed by atoms with E-state index in [1.807, 2.05) is 0 Å². The van der Waals surface area contributed by atoms with Gasteiger partial charge in [-0.3, -0.25) is 4.79 Å². The lowest BCUT2D eigenvalue weighted by Gasteiger charge is -2.44. The van der Waals surface area contributed by atoms with Crippen LogP contribution in [0.15, 0.2) is 28.8 Å². The number of hydrogen-bond acceptors (Lipinski definition) is 7. The number of hydrogen-bond donors (Lipinski definition) is 0.